The minimum atomic E-state index is -6.29. The Bertz CT molecular complexity index is 194. The highest BCUT2D eigenvalue weighted by Gasteiger charge is 2.72. The van der Waals surface area contributed by atoms with Crippen LogP contribution < -0.4 is 0 Å². The summed E-state index contributed by atoms with van der Waals surface area (Å²) in [6.07, 6.45) is -6.29. The van der Waals surface area contributed by atoms with Crippen LogP contribution in [0.3, 0.4) is 0 Å². The van der Waals surface area contributed by atoms with Crippen molar-refractivity contribution in [2.24, 2.45) is 4.99 Å². The molecule has 0 aromatic carbocycles. The summed E-state index contributed by atoms with van der Waals surface area (Å²) < 4.78 is 82.1. The summed E-state index contributed by atoms with van der Waals surface area (Å²) in [7, 11) is 0. The van der Waals surface area contributed by atoms with E-state index in [0.717, 1.165) is 0 Å². The molecule has 0 radical (unpaired) electrons. The standard InChI is InChI=1S/C5H4F7N/c1-13-2-3(6,7)4(8,9)5(10,11)12/h1-2H2. The van der Waals surface area contributed by atoms with Gasteiger partial charge in [-0.1, -0.05) is 0 Å². The Morgan fingerprint density at radius 2 is 1.31 bits per heavy atom. The van der Waals surface area contributed by atoms with Crippen LogP contribution in [0.5, 0.6) is 0 Å². The van der Waals surface area contributed by atoms with E-state index in [1.807, 2.05) is 0 Å². The molecule has 0 aliphatic heterocycles. The van der Waals surface area contributed by atoms with Crippen LogP contribution >= 0.6 is 0 Å². The minimum Gasteiger partial charge on any atom is -0.294 e. The molecule has 0 N–H and O–H groups in total. The average Bonchev–Trinajstić information content (AvgIpc) is 1.84. The quantitative estimate of drug-likeness (QED) is 0.502. The topological polar surface area (TPSA) is 12.4 Å². The molecule has 0 aliphatic rings. The van der Waals surface area contributed by atoms with Crippen molar-refractivity contribution in [2.45, 2.75) is 18.0 Å². The van der Waals surface area contributed by atoms with Gasteiger partial charge in [0.2, 0.25) is 0 Å². The van der Waals surface area contributed by atoms with Crippen molar-refractivity contribution < 1.29 is 30.7 Å². The molecule has 0 atom stereocenters. The van der Waals surface area contributed by atoms with Crippen LogP contribution in [-0.2, 0) is 0 Å². The van der Waals surface area contributed by atoms with E-state index < -0.39 is 24.6 Å². The van der Waals surface area contributed by atoms with E-state index in [4.69, 9.17) is 0 Å². The molecule has 0 rings (SSSR count). The number of aliphatic imine (C=N–C) groups is 1. The summed E-state index contributed by atoms with van der Waals surface area (Å²) in [5, 5.41) is 0. The zero-order valence-electron chi connectivity index (χ0n) is 6.01. The fraction of sp³-hybridized carbons (Fsp3) is 0.800. The van der Waals surface area contributed by atoms with Crippen molar-refractivity contribution in [1.82, 2.24) is 0 Å². The molecule has 1 nitrogen and oxygen atoms in total. The zero-order valence-corrected chi connectivity index (χ0v) is 6.01. The highest BCUT2D eigenvalue weighted by atomic mass is 19.4. The van der Waals surface area contributed by atoms with Crippen LogP contribution in [0.1, 0.15) is 0 Å². The number of nitrogens with zero attached hydrogens (tertiary/aromatic N) is 1. The number of hydrogen-bond donors (Lipinski definition) is 0. The van der Waals surface area contributed by atoms with Crippen molar-refractivity contribution in [3.05, 3.63) is 0 Å². The summed E-state index contributed by atoms with van der Waals surface area (Å²) in [4.78, 5) is 2.31. The minimum absolute atomic E-state index is 1.97. The van der Waals surface area contributed by atoms with Crippen LogP contribution in [0.2, 0.25) is 0 Å². The molecular weight excluding hydrogens is 207 g/mol. The number of rotatable bonds is 3. The van der Waals surface area contributed by atoms with Gasteiger partial charge in [0.25, 0.3) is 0 Å². The Kier molecular flexibility index (Phi) is 2.95. The highest BCUT2D eigenvalue weighted by molar-refractivity contribution is 5.23. The fourth-order valence-electron chi connectivity index (χ4n) is 0.447. The molecule has 0 aliphatic carbocycles. The van der Waals surface area contributed by atoms with Crippen molar-refractivity contribution >= 4 is 6.72 Å². The molecule has 0 aromatic rings. The molecule has 13 heavy (non-hydrogen) atoms. The van der Waals surface area contributed by atoms with E-state index in [0.29, 0.717) is 0 Å². The Morgan fingerprint density at radius 3 is 1.54 bits per heavy atom. The van der Waals surface area contributed by atoms with Crippen molar-refractivity contribution in [3.8, 4) is 0 Å². The smallest absolute Gasteiger partial charge is 0.294 e. The van der Waals surface area contributed by atoms with Gasteiger partial charge >= 0.3 is 18.0 Å². The van der Waals surface area contributed by atoms with Crippen molar-refractivity contribution in [1.29, 1.82) is 0 Å². The molecule has 0 saturated heterocycles. The van der Waals surface area contributed by atoms with E-state index >= 15 is 0 Å². The fourth-order valence-corrected chi connectivity index (χ4v) is 0.447. The first-order valence-corrected chi connectivity index (χ1v) is 2.81. The van der Waals surface area contributed by atoms with E-state index in [1.165, 1.54) is 0 Å². The van der Waals surface area contributed by atoms with E-state index in [9.17, 15) is 30.7 Å². The van der Waals surface area contributed by atoms with Gasteiger partial charge in [0.1, 0.15) is 6.54 Å². The summed E-state index contributed by atoms with van der Waals surface area (Å²) >= 11 is 0. The lowest BCUT2D eigenvalue weighted by Gasteiger charge is -2.26. The third-order valence-corrected chi connectivity index (χ3v) is 1.13. The van der Waals surface area contributed by atoms with Gasteiger partial charge in [0.05, 0.1) is 0 Å². The Morgan fingerprint density at radius 1 is 0.923 bits per heavy atom. The predicted molar refractivity (Wildman–Crippen MR) is 30.4 cm³/mol. The third-order valence-electron chi connectivity index (χ3n) is 1.13. The van der Waals surface area contributed by atoms with Crippen molar-refractivity contribution in [2.75, 3.05) is 6.54 Å². The molecule has 78 valence electrons. The van der Waals surface area contributed by atoms with Gasteiger partial charge in [-0.3, -0.25) is 4.99 Å². The van der Waals surface area contributed by atoms with E-state index in [2.05, 4.69) is 11.7 Å². The lowest BCUT2D eigenvalue weighted by molar-refractivity contribution is -0.351. The van der Waals surface area contributed by atoms with Gasteiger partial charge in [-0.2, -0.15) is 30.7 Å². The lowest BCUT2D eigenvalue weighted by Crippen LogP contribution is -2.53. The zero-order chi connectivity index (χ0) is 10.9. The molecule has 8 heteroatoms. The van der Waals surface area contributed by atoms with Gasteiger partial charge in [0, 0.05) is 0 Å². The summed E-state index contributed by atoms with van der Waals surface area (Å²) in [5.41, 5.74) is 0. The first-order valence-electron chi connectivity index (χ1n) is 2.81. The second-order valence-corrected chi connectivity index (χ2v) is 2.16. The molecule has 0 saturated carbocycles. The van der Waals surface area contributed by atoms with Gasteiger partial charge in [-0.05, 0) is 6.72 Å². The van der Waals surface area contributed by atoms with Crippen LogP contribution in [0.15, 0.2) is 4.99 Å². The molecule has 0 unspecified atom stereocenters. The van der Waals surface area contributed by atoms with Crippen LogP contribution in [0.25, 0.3) is 0 Å². The van der Waals surface area contributed by atoms with Gasteiger partial charge in [-0.25, -0.2) is 0 Å². The summed E-state index contributed by atoms with van der Waals surface area (Å²) in [5.74, 6) is -11.3. The third kappa shape index (κ3) is 2.10. The normalized spacial score (nSPS) is 14.4. The van der Waals surface area contributed by atoms with E-state index in [1.54, 1.807) is 0 Å². The maximum atomic E-state index is 12.1. The molecule has 0 bridgehead atoms. The second-order valence-electron chi connectivity index (χ2n) is 2.16. The Hall–Kier alpha value is -0.820. The highest BCUT2D eigenvalue weighted by Crippen LogP contribution is 2.46. The van der Waals surface area contributed by atoms with Gasteiger partial charge in [0.15, 0.2) is 0 Å². The van der Waals surface area contributed by atoms with Crippen molar-refractivity contribution in [3.63, 3.8) is 0 Å². The SMILES string of the molecule is C=NCC(F)(F)C(F)(F)C(F)(F)F. The molecule has 0 fully saturated rings. The molecule has 0 aromatic heterocycles. The number of hydrogen-bond acceptors (Lipinski definition) is 1. The molecule has 0 spiro atoms. The molecule has 0 heterocycles. The molecular formula is C5H4F7N. The maximum absolute atomic E-state index is 12.1. The maximum Gasteiger partial charge on any atom is 0.459 e. The van der Waals surface area contributed by atoms with Gasteiger partial charge < -0.3 is 0 Å². The second kappa shape index (κ2) is 3.15. The first kappa shape index (κ1) is 12.2. The Labute approximate surface area is 68.3 Å². The summed E-state index contributed by atoms with van der Waals surface area (Å²) in [6, 6.07) is 0. The molecule has 0 amide bonds. The largest absolute Gasteiger partial charge is 0.459 e. The van der Waals surface area contributed by atoms with E-state index in [-0.39, 0.29) is 0 Å². The van der Waals surface area contributed by atoms with Crippen LogP contribution in [0.4, 0.5) is 30.7 Å². The monoisotopic (exact) mass is 211 g/mol. The number of halogens is 7. The summed E-state index contributed by atoms with van der Waals surface area (Å²) in [6.45, 7) is 0.438. The predicted octanol–water partition coefficient (Wildman–Crippen LogP) is 2.52. The van der Waals surface area contributed by atoms with Crippen LogP contribution in [0, 0.1) is 0 Å². The van der Waals surface area contributed by atoms with Gasteiger partial charge in [-0.15, -0.1) is 0 Å². The number of alkyl halides is 7. The lowest BCUT2D eigenvalue weighted by atomic mass is 10.1. The average molecular weight is 211 g/mol. The Balaban J connectivity index is 4.91. The van der Waals surface area contributed by atoms with Crippen LogP contribution in [-0.4, -0.2) is 31.3 Å². The first-order chi connectivity index (χ1) is 5.56.